The molecular weight excluding hydrogens is 252 g/mol. The van der Waals surface area contributed by atoms with Gasteiger partial charge in [-0.3, -0.25) is 0 Å². The number of anilines is 1. The molecular formula is C15H16N4O. The minimum absolute atomic E-state index is 0.137. The molecule has 0 fully saturated rings. The van der Waals surface area contributed by atoms with Crippen LogP contribution in [-0.4, -0.2) is 19.6 Å². The first kappa shape index (κ1) is 12.5. The third-order valence-electron chi connectivity index (χ3n) is 3.21. The van der Waals surface area contributed by atoms with Crippen molar-refractivity contribution < 1.29 is 5.11 Å². The monoisotopic (exact) mass is 268 g/mol. The van der Waals surface area contributed by atoms with Crippen LogP contribution in [0.4, 0.5) is 5.69 Å². The van der Waals surface area contributed by atoms with Crippen molar-refractivity contribution in [2.45, 2.75) is 19.9 Å². The van der Waals surface area contributed by atoms with Gasteiger partial charge in [-0.05, 0) is 30.7 Å². The van der Waals surface area contributed by atoms with Gasteiger partial charge in [0, 0.05) is 24.5 Å². The molecule has 0 radical (unpaired) electrons. The number of aromatic hydroxyl groups is 1. The van der Waals surface area contributed by atoms with Crippen molar-refractivity contribution in [2.24, 2.45) is 0 Å². The number of hydrogen-bond donors (Lipinski definition) is 2. The molecule has 0 spiro atoms. The number of nitrogens with zero attached hydrogens (tertiary/aromatic N) is 3. The third-order valence-corrected chi connectivity index (χ3v) is 3.21. The average Bonchev–Trinajstić information content (AvgIpc) is 2.78. The largest absolute Gasteiger partial charge is 0.507 e. The Morgan fingerprint density at radius 1 is 1.30 bits per heavy atom. The number of aromatic nitrogens is 3. The number of aryl methyl sites for hydroxylation is 1. The molecule has 5 heteroatoms. The van der Waals surface area contributed by atoms with E-state index >= 15 is 0 Å². The van der Waals surface area contributed by atoms with Crippen LogP contribution in [0, 0.1) is 0 Å². The molecule has 1 aromatic carbocycles. The zero-order valence-corrected chi connectivity index (χ0v) is 11.2. The van der Waals surface area contributed by atoms with Gasteiger partial charge < -0.3 is 15.4 Å². The Morgan fingerprint density at radius 2 is 2.15 bits per heavy atom. The van der Waals surface area contributed by atoms with Crippen molar-refractivity contribution >= 4 is 16.9 Å². The molecule has 0 unspecified atom stereocenters. The van der Waals surface area contributed by atoms with Crippen molar-refractivity contribution in [1.29, 1.82) is 0 Å². The number of nitrogen functional groups attached to an aromatic ring is 1. The number of fused-ring (bicyclic) bond motifs is 1. The molecule has 0 saturated carbocycles. The summed E-state index contributed by atoms with van der Waals surface area (Å²) in [6.07, 6.45) is 2.72. The van der Waals surface area contributed by atoms with Crippen LogP contribution in [0.25, 0.3) is 22.6 Å². The van der Waals surface area contributed by atoms with Gasteiger partial charge in [-0.1, -0.05) is 6.92 Å². The average molecular weight is 268 g/mol. The number of phenolic OH excluding ortho intramolecular Hbond substituents is 1. The lowest BCUT2D eigenvalue weighted by molar-refractivity contribution is 0.476. The molecule has 0 aliphatic carbocycles. The second-order valence-electron chi connectivity index (χ2n) is 4.71. The zero-order valence-electron chi connectivity index (χ0n) is 11.2. The number of pyridine rings is 1. The van der Waals surface area contributed by atoms with Crippen LogP contribution in [0.1, 0.15) is 13.3 Å². The van der Waals surface area contributed by atoms with Crippen molar-refractivity contribution in [3.05, 3.63) is 36.5 Å². The van der Waals surface area contributed by atoms with Crippen LogP contribution < -0.4 is 5.73 Å². The fraction of sp³-hybridized carbons (Fsp3) is 0.200. The number of benzene rings is 1. The van der Waals surface area contributed by atoms with E-state index in [0.29, 0.717) is 11.3 Å². The SMILES string of the molecule is CCCn1c(-c2ccc(N)cc2O)nc2cccnc21. The Balaban J connectivity index is 2.26. The van der Waals surface area contributed by atoms with E-state index in [1.165, 1.54) is 0 Å². The van der Waals surface area contributed by atoms with Crippen LogP contribution in [0.2, 0.25) is 0 Å². The molecule has 0 saturated heterocycles. The maximum Gasteiger partial charge on any atom is 0.160 e. The third kappa shape index (κ3) is 1.97. The number of imidazole rings is 1. The summed E-state index contributed by atoms with van der Waals surface area (Å²) in [6, 6.07) is 8.87. The standard InChI is InChI=1S/C15H16N4O/c1-2-8-19-14(11-6-5-10(16)9-13(11)20)18-12-4-3-7-17-15(12)19/h3-7,9,20H,2,8,16H2,1H3. The lowest BCUT2D eigenvalue weighted by Crippen LogP contribution is -2.01. The topological polar surface area (TPSA) is 77.0 Å². The second kappa shape index (κ2) is 4.85. The first-order chi connectivity index (χ1) is 9.70. The van der Waals surface area contributed by atoms with Crippen LogP contribution in [0.3, 0.4) is 0 Å². The fourth-order valence-corrected chi connectivity index (χ4v) is 2.34. The van der Waals surface area contributed by atoms with E-state index in [1.807, 2.05) is 16.7 Å². The second-order valence-corrected chi connectivity index (χ2v) is 4.71. The Bertz CT molecular complexity index is 764. The Morgan fingerprint density at radius 3 is 2.90 bits per heavy atom. The lowest BCUT2D eigenvalue weighted by atomic mass is 10.1. The first-order valence-corrected chi connectivity index (χ1v) is 6.61. The number of phenols is 1. The zero-order chi connectivity index (χ0) is 14.1. The number of rotatable bonds is 3. The highest BCUT2D eigenvalue weighted by atomic mass is 16.3. The van der Waals surface area contributed by atoms with Crippen molar-refractivity contribution in [3.8, 4) is 17.1 Å². The molecule has 3 aromatic rings. The van der Waals surface area contributed by atoms with Crippen molar-refractivity contribution in [2.75, 3.05) is 5.73 Å². The molecule has 102 valence electrons. The molecule has 0 atom stereocenters. The van der Waals surface area contributed by atoms with E-state index in [1.54, 1.807) is 24.4 Å². The molecule has 2 heterocycles. The molecule has 2 aromatic heterocycles. The van der Waals surface area contributed by atoms with Gasteiger partial charge in [-0.2, -0.15) is 0 Å². The van der Waals surface area contributed by atoms with Crippen molar-refractivity contribution in [3.63, 3.8) is 0 Å². The molecule has 20 heavy (non-hydrogen) atoms. The van der Waals surface area contributed by atoms with E-state index in [-0.39, 0.29) is 5.75 Å². The summed E-state index contributed by atoms with van der Waals surface area (Å²) < 4.78 is 2.03. The maximum absolute atomic E-state index is 10.1. The normalized spacial score (nSPS) is 11.1. The van der Waals surface area contributed by atoms with E-state index in [4.69, 9.17) is 5.73 Å². The lowest BCUT2D eigenvalue weighted by Gasteiger charge is -2.09. The Labute approximate surface area is 116 Å². The van der Waals surface area contributed by atoms with Gasteiger partial charge in [0.2, 0.25) is 0 Å². The molecule has 0 aliphatic heterocycles. The summed E-state index contributed by atoms with van der Waals surface area (Å²) in [6.45, 7) is 2.90. The fourth-order valence-electron chi connectivity index (χ4n) is 2.34. The van der Waals surface area contributed by atoms with E-state index in [0.717, 1.165) is 30.0 Å². The van der Waals surface area contributed by atoms with Crippen LogP contribution in [0.5, 0.6) is 5.75 Å². The van der Waals surface area contributed by atoms with Gasteiger partial charge in [0.05, 0.1) is 5.56 Å². The van der Waals surface area contributed by atoms with Crippen LogP contribution in [-0.2, 0) is 6.54 Å². The van der Waals surface area contributed by atoms with Gasteiger partial charge in [0.25, 0.3) is 0 Å². The van der Waals surface area contributed by atoms with Crippen molar-refractivity contribution in [1.82, 2.24) is 14.5 Å². The van der Waals surface area contributed by atoms with Crippen LogP contribution >= 0.6 is 0 Å². The molecule has 0 aliphatic rings. The summed E-state index contributed by atoms with van der Waals surface area (Å²) in [5.74, 6) is 0.857. The Hall–Kier alpha value is -2.56. The molecule has 3 rings (SSSR count). The first-order valence-electron chi connectivity index (χ1n) is 6.61. The van der Waals surface area contributed by atoms with E-state index < -0.39 is 0 Å². The van der Waals surface area contributed by atoms with Crippen LogP contribution in [0.15, 0.2) is 36.5 Å². The molecule has 0 bridgehead atoms. The van der Waals surface area contributed by atoms with Gasteiger partial charge in [0.1, 0.15) is 17.1 Å². The van der Waals surface area contributed by atoms with Gasteiger partial charge in [-0.25, -0.2) is 9.97 Å². The highest BCUT2D eigenvalue weighted by Crippen LogP contribution is 2.32. The summed E-state index contributed by atoms with van der Waals surface area (Å²) in [5, 5.41) is 10.1. The van der Waals surface area contributed by atoms with E-state index in [9.17, 15) is 5.11 Å². The highest BCUT2D eigenvalue weighted by Gasteiger charge is 2.15. The summed E-state index contributed by atoms with van der Waals surface area (Å²) in [5.41, 5.74) is 8.54. The van der Waals surface area contributed by atoms with Gasteiger partial charge in [-0.15, -0.1) is 0 Å². The molecule has 5 nitrogen and oxygen atoms in total. The minimum Gasteiger partial charge on any atom is -0.507 e. The van der Waals surface area contributed by atoms with Gasteiger partial charge >= 0.3 is 0 Å². The maximum atomic E-state index is 10.1. The number of nitrogens with two attached hydrogens (primary N) is 1. The summed E-state index contributed by atoms with van der Waals surface area (Å²) in [7, 11) is 0. The summed E-state index contributed by atoms with van der Waals surface area (Å²) >= 11 is 0. The minimum atomic E-state index is 0.137. The quantitative estimate of drug-likeness (QED) is 0.716. The Kier molecular flexibility index (Phi) is 3.02. The van der Waals surface area contributed by atoms with E-state index in [2.05, 4.69) is 16.9 Å². The number of hydrogen-bond acceptors (Lipinski definition) is 4. The predicted molar refractivity (Wildman–Crippen MR) is 79.3 cm³/mol. The molecule has 0 amide bonds. The smallest absolute Gasteiger partial charge is 0.160 e. The predicted octanol–water partition coefficient (Wildman–Crippen LogP) is 2.80. The van der Waals surface area contributed by atoms with Gasteiger partial charge in [0.15, 0.2) is 5.65 Å². The highest BCUT2D eigenvalue weighted by molar-refractivity contribution is 5.79. The molecule has 3 N–H and O–H groups in total. The summed E-state index contributed by atoms with van der Waals surface area (Å²) in [4.78, 5) is 8.98.